The van der Waals surface area contributed by atoms with E-state index in [-0.39, 0.29) is 11.7 Å². The molecule has 20 heavy (non-hydrogen) atoms. The van der Waals surface area contributed by atoms with Crippen LogP contribution in [0.25, 0.3) is 0 Å². The lowest BCUT2D eigenvalue weighted by atomic mass is 9.77. The fourth-order valence-electron chi connectivity index (χ4n) is 2.40. The minimum absolute atomic E-state index is 0.133. The van der Waals surface area contributed by atoms with E-state index in [1.807, 2.05) is 24.3 Å². The molecular formula is C14H10F2N2O2. The summed E-state index contributed by atoms with van der Waals surface area (Å²) < 4.78 is 25.8. The molecule has 1 aliphatic carbocycles. The largest absolute Gasteiger partial charge is 0.478 e. The highest BCUT2D eigenvalue weighted by Gasteiger charge is 2.31. The molecule has 0 fully saturated rings. The summed E-state index contributed by atoms with van der Waals surface area (Å²) in [5.41, 5.74) is 0.890. The number of alkyl halides is 2. The Hall–Kier alpha value is -2.37. The predicted octanol–water partition coefficient (Wildman–Crippen LogP) is 2.80. The highest BCUT2D eigenvalue weighted by Crippen LogP contribution is 2.38. The van der Waals surface area contributed by atoms with Crippen molar-refractivity contribution in [3.63, 3.8) is 0 Å². The first kappa shape index (κ1) is 12.7. The number of nitrogens with zero attached hydrogens (tertiary/aromatic N) is 2. The van der Waals surface area contributed by atoms with Crippen LogP contribution in [0, 0.1) is 0 Å². The molecule has 0 saturated carbocycles. The average molecular weight is 276 g/mol. The van der Waals surface area contributed by atoms with Crippen molar-refractivity contribution in [3.05, 3.63) is 58.7 Å². The molecule has 0 aliphatic heterocycles. The quantitative estimate of drug-likeness (QED) is 0.936. The molecule has 0 amide bonds. The van der Waals surface area contributed by atoms with Crippen LogP contribution in [-0.2, 0) is 6.42 Å². The standard InChI is InChI=1S/C14H10F2N2O2/c15-12(16)11-10(14(19)20)6-17-13(18-11)9-5-7-3-1-2-4-8(7)9/h1-4,6,9,12H,5H2,(H,19,20). The molecule has 1 atom stereocenters. The SMILES string of the molecule is O=C(O)c1cnc(C2Cc3ccccc32)nc1C(F)F. The highest BCUT2D eigenvalue weighted by atomic mass is 19.3. The second-order valence-corrected chi connectivity index (χ2v) is 4.59. The molecule has 3 rings (SSSR count). The smallest absolute Gasteiger partial charge is 0.339 e. The molecule has 1 unspecified atom stereocenters. The van der Waals surface area contributed by atoms with Crippen LogP contribution in [-0.4, -0.2) is 21.0 Å². The molecule has 1 aromatic heterocycles. The Labute approximate surface area is 113 Å². The first-order chi connectivity index (χ1) is 9.58. The van der Waals surface area contributed by atoms with Crippen molar-refractivity contribution >= 4 is 5.97 Å². The highest BCUT2D eigenvalue weighted by molar-refractivity contribution is 5.88. The fourth-order valence-corrected chi connectivity index (χ4v) is 2.40. The number of aromatic nitrogens is 2. The van der Waals surface area contributed by atoms with Gasteiger partial charge in [-0.25, -0.2) is 23.5 Å². The van der Waals surface area contributed by atoms with Gasteiger partial charge in [0.05, 0.1) is 0 Å². The van der Waals surface area contributed by atoms with Crippen molar-refractivity contribution in [2.24, 2.45) is 0 Å². The van der Waals surface area contributed by atoms with Gasteiger partial charge in [-0.1, -0.05) is 24.3 Å². The third-order valence-corrected chi connectivity index (χ3v) is 3.44. The van der Waals surface area contributed by atoms with Crippen molar-refractivity contribution in [1.82, 2.24) is 9.97 Å². The van der Waals surface area contributed by atoms with Crippen LogP contribution in [0.15, 0.2) is 30.5 Å². The molecule has 0 saturated heterocycles. The van der Waals surface area contributed by atoms with E-state index in [1.165, 1.54) is 0 Å². The molecule has 1 N–H and O–H groups in total. The number of hydrogen-bond acceptors (Lipinski definition) is 3. The lowest BCUT2D eigenvalue weighted by molar-refractivity contribution is 0.0681. The molecule has 0 radical (unpaired) electrons. The number of carbonyl (C=O) groups is 1. The van der Waals surface area contributed by atoms with Gasteiger partial charge in [-0.15, -0.1) is 0 Å². The van der Waals surface area contributed by atoms with Crippen LogP contribution in [0.2, 0.25) is 0 Å². The lowest BCUT2D eigenvalue weighted by Gasteiger charge is -2.29. The molecule has 0 bridgehead atoms. The predicted molar refractivity (Wildman–Crippen MR) is 65.9 cm³/mol. The summed E-state index contributed by atoms with van der Waals surface area (Å²) in [6, 6.07) is 7.64. The van der Waals surface area contributed by atoms with E-state index in [0.717, 1.165) is 17.3 Å². The Morgan fingerprint density at radius 1 is 1.35 bits per heavy atom. The molecule has 4 nitrogen and oxygen atoms in total. The topological polar surface area (TPSA) is 63.1 Å². The van der Waals surface area contributed by atoms with Gasteiger partial charge < -0.3 is 5.11 Å². The molecule has 1 aromatic carbocycles. The van der Waals surface area contributed by atoms with Crippen molar-refractivity contribution in [2.75, 3.05) is 0 Å². The van der Waals surface area contributed by atoms with Crippen molar-refractivity contribution in [1.29, 1.82) is 0 Å². The number of aromatic carboxylic acids is 1. The maximum absolute atomic E-state index is 12.9. The molecule has 1 heterocycles. The number of hydrogen-bond donors (Lipinski definition) is 1. The Kier molecular flexibility index (Phi) is 2.93. The first-order valence-corrected chi connectivity index (χ1v) is 6.04. The Morgan fingerprint density at radius 3 is 2.75 bits per heavy atom. The third kappa shape index (κ3) is 1.93. The van der Waals surface area contributed by atoms with Gasteiger partial charge in [-0.05, 0) is 17.5 Å². The van der Waals surface area contributed by atoms with Crippen molar-refractivity contribution in [2.45, 2.75) is 18.8 Å². The number of fused-ring (bicyclic) bond motifs is 1. The van der Waals surface area contributed by atoms with E-state index in [0.29, 0.717) is 6.42 Å². The summed E-state index contributed by atoms with van der Waals surface area (Å²) in [4.78, 5) is 18.6. The number of carboxylic acid groups (broad SMARTS) is 1. The molecule has 0 spiro atoms. The summed E-state index contributed by atoms with van der Waals surface area (Å²) in [5.74, 6) is -1.32. The summed E-state index contributed by atoms with van der Waals surface area (Å²) in [6.07, 6.45) is -1.28. The van der Waals surface area contributed by atoms with Gasteiger partial charge in [0, 0.05) is 12.1 Å². The lowest BCUT2D eigenvalue weighted by Crippen LogP contribution is -2.22. The van der Waals surface area contributed by atoms with Crippen LogP contribution >= 0.6 is 0 Å². The Bertz CT molecular complexity index is 689. The van der Waals surface area contributed by atoms with E-state index < -0.39 is 23.7 Å². The van der Waals surface area contributed by atoms with E-state index >= 15 is 0 Å². The number of benzene rings is 1. The van der Waals surface area contributed by atoms with Crippen LogP contribution in [0.5, 0.6) is 0 Å². The molecular weight excluding hydrogens is 266 g/mol. The number of halogens is 2. The van der Waals surface area contributed by atoms with E-state index in [2.05, 4.69) is 9.97 Å². The number of rotatable bonds is 3. The van der Waals surface area contributed by atoms with Gasteiger partial charge in [0.25, 0.3) is 6.43 Å². The monoisotopic (exact) mass is 276 g/mol. The minimum atomic E-state index is -2.93. The van der Waals surface area contributed by atoms with Gasteiger partial charge in [-0.2, -0.15) is 0 Å². The van der Waals surface area contributed by atoms with Gasteiger partial charge in [0.15, 0.2) is 0 Å². The second-order valence-electron chi connectivity index (χ2n) is 4.59. The van der Waals surface area contributed by atoms with E-state index in [4.69, 9.17) is 5.11 Å². The maximum atomic E-state index is 12.9. The number of carboxylic acids is 1. The van der Waals surface area contributed by atoms with Crippen LogP contribution < -0.4 is 0 Å². The normalized spacial score (nSPS) is 16.6. The summed E-state index contributed by atoms with van der Waals surface area (Å²) in [5, 5.41) is 8.86. The maximum Gasteiger partial charge on any atom is 0.339 e. The minimum Gasteiger partial charge on any atom is -0.478 e. The Balaban J connectivity index is 2.01. The molecule has 2 aromatic rings. The van der Waals surface area contributed by atoms with E-state index in [1.54, 1.807) is 0 Å². The van der Waals surface area contributed by atoms with Crippen LogP contribution in [0.4, 0.5) is 8.78 Å². The summed E-state index contributed by atoms with van der Waals surface area (Å²) in [6.45, 7) is 0. The first-order valence-electron chi connectivity index (χ1n) is 6.04. The van der Waals surface area contributed by atoms with Crippen molar-refractivity contribution < 1.29 is 18.7 Å². The third-order valence-electron chi connectivity index (χ3n) is 3.44. The molecule has 1 aliphatic rings. The summed E-state index contributed by atoms with van der Waals surface area (Å²) >= 11 is 0. The fraction of sp³-hybridized carbons (Fsp3) is 0.214. The van der Waals surface area contributed by atoms with Gasteiger partial charge >= 0.3 is 5.97 Å². The molecule has 102 valence electrons. The van der Waals surface area contributed by atoms with Crippen LogP contribution in [0.1, 0.15) is 45.3 Å². The summed E-state index contributed by atoms with van der Waals surface area (Å²) in [7, 11) is 0. The average Bonchev–Trinajstić information content (AvgIpc) is 2.39. The Morgan fingerprint density at radius 2 is 2.10 bits per heavy atom. The zero-order valence-corrected chi connectivity index (χ0v) is 10.3. The zero-order valence-electron chi connectivity index (χ0n) is 10.3. The van der Waals surface area contributed by atoms with E-state index in [9.17, 15) is 13.6 Å². The second kappa shape index (κ2) is 4.63. The van der Waals surface area contributed by atoms with Gasteiger partial charge in [-0.3, -0.25) is 0 Å². The van der Waals surface area contributed by atoms with Gasteiger partial charge in [0.1, 0.15) is 17.1 Å². The molecule has 6 heteroatoms. The zero-order chi connectivity index (χ0) is 14.3. The van der Waals surface area contributed by atoms with Crippen molar-refractivity contribution in [3.8, 4) is 0 Å². The van der Waals surface area contributed by atoms with Gasteiger partial charge in [0.2, 0.25) is 0 Å². The van der Waals surface area contributed by atoms with Crippen LogP contribution in [0.3, 0.4) is 0 Å².